The Kier molecular flexibility index (Phi) is 6.13. The van der Waals surface area contributed by atoms with E-state index in [1.807, 2.05) is 12.1 Å². The molecule has 1 rings (SSSR count). The molecule has 112 valence electrons. The first kappa shape index (κ1) is 16.4. The van der Waals surface area contributed by atoms with Gasteiger partial charge in [0.2, 0.25) is 11.8 Å². The van der Waals surface area contributed by atoms with Crippen molar-refractivity contribution in [1.29, 1.82) is 0 Å². The second-order valence-electron chi connectivity index (χ2n) is 4.65. The highest BCUT2D eigenvalue weighted by molar-refractivity contribution is 6.02. The maximum atomic E-state index is 11.5. The van der Waals surface area contributed by atoms with Gasteiger partial charge in [-0.2, -0.15) is 0 Å². The average Bonchev–Trinajstić information content (AvgIpc) is 2.44. The molecule has 0 aromatic heterocycles. The highest BCUT2D eigenvalue weighted by Gasteiger charge is 2.04. The number of carbonyl (C=O) groups is 3. The molecule has 0 fully saturated rings. The van der Waals surface area contributed by atoms with Crippen molar-refractivity contribution in [3.63, 3.8) is 0 Å². The fourth-order valence-electron chi connectivity index (χ4n) is 1.56. The second-order valence-corrected chi connectivity index (χ2v) is 4.65. The fraction of sp³-hybridized carbons (Fsp3) is 0.267. The molecule has 0 bridgehead atoms. The minimum atomic E-state index is -1.17. The lowest BCUT2D eigenvalue weighted by Crippen LogP contribution is -2.21. The summed E-state index contributed by atoms with van der Waals surface area (Å²) in [5, 5.41) is 11.0. The van der Waals surface area contributed by atoms with Crippen molar-refractivity contribution in [3.8, 4) is 0 Å². The van der Waals surface area contributed by atoms with E-state index < -0.39 is 11.9 Å². The Balaban J connectivity index is 2.52. The number of nitrogens with zero attached hydrogens (tertiary/aromatic N) is 1. The van der Waals surface area contributed by atoms with E-state index in [9.17, 15) is 14.4 Å². The normalized spacial score (nSPS) is 10.4. The zero-order valence-electron chi connectivity index (χ0n) is 12.0. The van der Waals surface area contributed by atoms with Gasteiger partial charge >= 0.3 is 5.97 Å². The van der Waals surface area contributed by atoms with Gasteiger partial charge in [0, 0.05) is 38.4 Å². The first-order valence-corrected chi connectivity index (χ1v) is 6.39. The number of nitrogens with one attached hydrogen (secondary N) is 1. The lowest BCUT2D eigenvalue weighted by molar-refractivity contribution is -0.131. The molecule has 6 nitrogen and oxygen atoms in total. The number of anilines is 1. The number of rotatable bonds is 6. The molecule has 6 heteroatoms. The molecule has 0 unspecified atom stereocenters. The Bertz CT molecular complexity index is 547. The minimum Gasteiger partial charge on any atom is -0.478 e. The Labute approximate surface area is 123 Å². The van der Waals surface area contributed by atoms with Crippen LogP contribution in [0.2, 0.25) is 0 Å². The lowest BCUT2D eigenvalue weighted by atomic mass is 10.1. The summed E-state index contributed by atoms with van der Waals surface area (Å²) in [7, 11) is 3.43. The summed E-state index contributed by atoms with van der Waals surface area (Å²) in [6.07, 6.45) is 2.78. The predicted molar refractivity (Wildman–Crippen MR) is 78.9 cm³/mol. The van der Waals surface area contributed by atoms with E-state index in [1.165, 1.54) is 0 Å². The minimum absolute atomic E-state index is 0.0613. The van der Waals surface area contributed by atoms with Crippen LogP contribution in [0.4, 0.5) is 5.69 Å². The van der Waals surface area contributed by atoms with Crippen molar-refractivity contribution >= 4 is 23.5 Å². The number of carboxylic acid groups (broad SMARTS) is 1. The van der Waals surface area contributed by atoms with E-state index in [0.29, 0.717) is 18.5 Å². The van der Waals surface area contributed by atoms with Crippen molar-refractivity contribution in [2.75, 3.05) is 19.4 Å². The third-order valence-electron chi connectivity index (χ3n) is 2.73. The molecule has 1 aromatic carbocycles. The van der Waals surface area contributed by atoms with Crippen LogP contribution in [0.3, 0.4) is 0 Å². The van der Waals surface area contributed by atoms with Gasteiger partial charge in [0.05, 0.1) is 0 Å². The molecule has 0 saturated heterocycles. The number of hydrogen-bond donors (Lipinski definition) is 2. The zero-order valence-corrected chi connectivity index (χ0v) is 12.0. The molecule has 0 spiro atoms. The highest BCUT2D eigenvalue weighted by atomic mass is 16.4. The van der Waals surface area contributed by atoms with E-state index in [0.717, 1.165) is 17.7 Å². The molecule has 0 radical (unpaired) electrons. The van der Waals surface area contributed by atoms with E-state index in [-0.39, 0.29) is 5.91 Å². The molecular weight excluding hydrogens is 272 g/mol. The molecule has 2 N–H and O–H groups in total. The summed E-state index contributed by atoms with van der Waals surface area (Å²) in [6, 6.07) is 7.06. The third kappa shape index (κ3) is 6.38. The van der Waals surface area contributed by atoms with Crippen molar-refractivity contribution in [1.82, 2.24) is 4.90 Å². The maximum Gasteiger partial charge on any atom is 0.328 e. The van der Waals surface area contributed by atoms with Gasteiger partial charge in [-0.05, 0) is 24.1 Å². The van der Waals surface area contributed by atoms with Crippen LogP contribution in [0.1, 0.15) is 12.0 Å². The van der Waals surface area contributed by atoms with E-state index in [4.69, 9.17) is 5.11 Å². The van der Waals surface area contributed by atoms with Gasteiger partial charge in [0.1, 0.15) is 0 Å². The predicted octanol–water partition coefficient (Wildman–Crippen LogP) is 1.29. The van der Waals surface area contributed by atoms with Gasteiger partial charge in [0.15, 0.2) is 0 Å². The first-order valence-electron chi connectivity index (χ1n) is 6.39. The molecule has 0 aliphatic rings. The molecule has 2 amide bonds. The van der Waals surface area contributed by atoms with Crippen LogP contribution in [0.15, 0.2) is 36.4 Å². The van der Waals surface area contributed by atoms with Gasteiger partial charge in [-0.1, -0.05) is 12.1 Å². The molecule has 0 atom stereocenters. The van der Waals surface area contributed by atoms with Crippen LogP contribution in [0, 0.1) is 0 Å². The molecule has 0 aliphatic carbocycles. The first-order chi connectivity index (χ1) is 9.88. The molecular formula is C15H18N2O4. The number of carboxylic acids is 1. The Morgan fingerprint density at radius 3 is 2.29 bits per heavy atom. The topological polar surface area (TPSA) is 86.7 Å². The third-order valence-corrected chi connectivity index (χ3v) is 2.73. The van der Waals surface area contributed by atoms with Crippen molar-refractivity contribution in [2.24, 2.45) is 0 Å². The Morgan fingerprint density at radius 2 is 1.76 bits per heavy atom. The van der Waals surface area contributed by atoms with Crippen molar-refractivity contribution in [3.05, 3.63) is 42.0 Å². The summed E-state index contributed by atoms with van der Waals surface area (Å²) in [5.41, 5.74) is 1.56. The Morgan fingerprint density at radius 1 is 1.14 bits per heavy atom. The summed E-state index contributed by atoms with van der Waals surface area (Å²) in [6.45, 7) is 0. The van der Waals surface area contributed by atoms with Crippen LogP contribution < -0.4 is 5.32 Å². The number of aliphatic carboxylic acids is 1. The summed E-state index contributed by atoms with van der Waals surface area (Å²) in [5.74, 6) is -1.62. The van der Waals surface area contributed by atoms with E-state index in [1.54, 1.807) is 31.1 Å². The van der Waals surface area contributed by atoms with Gasteiger partial charge in [-0.3, -0.25) is 9.59 Å². The molecule has 21 heavy (non-hydrogen) atoms. The smallest absolute Gasteiger partial charge is 0.328 e. The monoisotopic (exact) mass is 290 g/mol. The van der Waals surface area contributed by atoms with Crippen LogP contribution >= 0.6 is 0 Å². The molecule has 1 aromatic rings. The van der Waals surface area contributed by atoms with Crippen molar-refractivity contribution in [2.45, 2.75) is 12.8 Å². The number of benzene rings is 1. The SMILES string of the molecule is CN(C)C(=O)CCc1ccc(NC(=O)/C=C/C(=O)O)cc1. The van der Waals surface area contributed by atoms with E-state index >= 15 is 0 Å². The Hall–Kier alpha value is -2.63. The molecule has 0 saturated carbocycles. The van der Waals surface area contributed by atoms with Gasteiger partial charge in [-0.25, -0.2) is 4.79 Å². The molecule has 0 heterocycles. The summed E-state index contributed by atoms with van der Waals surface area (Å²) < 4.78 is 0. The van der Waals surface area contributed by atoms with Gasteiger partial charge in [-0.15, -0.1) is 0 Å². The zero-order chi connectivity index (χ0) is 15.8. The summed E-state index contributed by atoms with van der Waals surface area (Å²) in [4.78, 5) is 34.7. The molecule has 0 aliphatic heterocycles. The number of hydrogen-bond acceptors (Lipinski definition) is 3. The van der Waals surface area contributed by atoms with Crippen LogP contribution in [-0.2, 0) is 20.8 Å². The van der Waals surface area contributed by atoms with Gasteiger partial charge in [0.25, 0.3) is 0 Å². The van der Waals surface area contributed by atoms with Crippen molar-refractivity contribution < 1.29 is 19.5 Å². The number of aryl methyl sites for hydroxylation is 1. The van der Waals surface area contributed by atoms with Gasteiger partial charge < -0.3 is 15.3 Å². The average molecular weight is 290 g/mol. The number of carbonyl (C=O) groups excluding carboxylic acids is 2. The fourth-order valence-corrected chi connectivity index (χ4v) is 1.56. The maximum absolute atomic E-state index is 11.5. The van der Waals surface area contributed by atoms with Crippen LogP contribution in [-0.4, -0.2) is 41.9 Å². The van der Waals surface area contributed by atoms with Crippen LogP contribution in [0.25, 0.3) is 0 Å². The van der Waals surface area contributed by atoms with Crippen LogP contribution in [0.5, 0.6) is 0 Å². The summed E-state index contributed by atoms with van der Waals surface area (Å²) >= 11 is 0. The largest absolute Gasteiger partial charge is 0.478 e. The highest BCUT2D eigenvalue weighted by Crippen LogP contribution is 2.11. The number of amides is 2. The standard InChI is InChI=1S/C15H18N2O4/c1-17(2)14(19)9-5-11-3-6-12(7-4-11)16-13(18)8-10-15(20)21/h3-4,6-8,10H,5,9H2,1-2H3,(H,16,18)(H,20,21)/b10-8+. The lowest BCUT2D eigenvalue weighted by Gasteiger charge is -2.10. The van der Waals surface area contributed by atoms with E-state index in [2.05, 4.69) is 5.32 Å². The quantitative estimate of drug-likeness (QED) is 0.773. The second kappa shape index (κ2) is 7.84.